The van der Waals surface area contributed by atoms with Crippen molar-refractivity contribution in [3.8, 4) is 0 Å². The third-order valence-electron chi connectivity index (χ3n) is 3.67. The number of nitrogens with zero attached hydrogens (tertiary/aromatic N) is 1. The number of hydrogen-bond donors (Lipinski definition) is 1. The number of morpholine rings is 1. The molecule has 2 fully saturated rings. The molecule has 0 aliphatic carbocycles. The molecule has 4 nitrogen and oxygen atoms in total. The van der Waals surface area contributed by atoms with E-state index < -0.39 is 0 Å². The monoisotopic (exact) mass is 242 g/mol. The van der Waals surface area contributed by atoms with Crippen molar-refractivity contribution in [2.75, 3.05) is 32.8 Å². The summed E-state index contributed by atoms with van der Waals surface area (Å²) in [5.74, 6) is 0.477. The Kier molecular flexibility index (Phi) is 4.08. The van der Waals surface area contributed by atoms with Gasteiger partial charge in [0.2, 0.25) is 0 Å². The first-order chi connectivity index (χ1) is 7.96. The van der Waals surface area contributed by atoms with Gasteiger partial charge in [-0.2, -0.15) is 0 Å². The molecule has 0 aromatic heterocycles. The molecule has 4 heteroatoms. The second-order valence-electron chi connectivity index (χ2n) is 6.17. The van der Waals surface area contributed by atoms with Crippen LogP contribution in [0, 0.1) is 5.92 Å². The molecule has 2 aliphatic heterocycles. The third kappa shape index (κ3) is 3.65. The maximum absolute atomic E-state index is 6.16. The third-order valence-corrected chi connectivity index (χ3v) is 3.67. The molecule has 100 valence electrons. The van der Waals surface area contributed by atoms with E-state index in [1.165, 1.54) is 0 Å². The van der Waals surface area contributed by atoms with Crippen molar-refractivity contribution in [2.24, 2.45) is 11.7 Å². The van der Waals surface area contributed by atoms with Crippen molar-refractivity contribution in [1.29, 1.82) is 0 Å². The minimum atomic E-state index is -0.0444. The molecule has 2 heterocycles. The van der Waals surface area contributed by atoms with E-state index in [0.717, 1.165) is 39.3 Å². The molecule has 17 heavy (non-hydrogen) atoms. The van der Waals surface area contributed by atoms with Gasteiger partial charge < -0.3 is 15.2 Å². The van der Waals surface area contributed by atoms with Crippen LogP contribution in [0.3, 0.4) is 0 Å². The maximum Gasteiger partial charge on any atom is 0.0757 e. The fourth-order valence-electron chi connectivity index (χ4n) is 3.06. The summed E-state index contributed by atoms with van der Waals surface area (Å²) >= 11 is 0. The van der Waals surface area contributed by atoms with Crippen LogP contribution >= 0.6 is 0 Å². The molecule has 0 aromatic carbocycles. The highest BCUT2D eigenvalue weighted by molar-refractivity contribution is 4.86. The van der Waals surface area contributed by atoms with E-state index in [1.54, 1.807) is 0 Å². The smallest absolute Gasteiger partial charge is 0.0757 e. The Morgan fingerprint density at radius 1 is 1.41 bits per heavy atom. The lowest BCUT2D eigenvalue weighted by atomic mass is 9.94. The fraction of sp³-hybridized carbons (Fsp3) is 1.00. The lowest BCUT2D eigenvalue weighted by Crippen LogP contribution is -2.55. The Labute approximate surface area is 104 Å². The van der Waals surface area contributed by atoms with E-state index in [2.05, 4.69) is 25.7 Å². The van der Waals surface area contributed by atoms with Crippen LogP contribution in [0.5, 0.6) is 0 Å². The van der Waals surface area contributed by atoms with Crippen LogP contribution in [0.25, 0.3) is 0 Å². The first-order valence-electron chi connectivity index (χ1n) is 6.70. The average molecular weight is 242 g/mol. The zero-order valence-corrected chi connectivity index (χ0v) is 11.3. The predicted octanol–water partition coefficient (Wildman–Crippen LogP) is 0.850. The van der Waals surface area contributed by atoms with Crippen molar-refractivity contribution >= 4 is 0 Å². The Morgan fingerprint density at radius 2 is 2.18 bits per heavy atom. The molecular formula is C13H26N2O2. The number of nitrogens with two attached hydrogens (primary N) is 1. The molecule has 0 radical (unpaired) electrons. The normalized spacial score (nSPS) is 39.2. The molecule has 0 aromatic rings. The molecule has 2 aliphatic rings. The standard InChI is InChI=1S/C13H26N2O2/c1-10-6-15(9-13(2,3)17-10)7-11-8-16-5-4-12(11)14/h10-12H,4-9,14H2,1-3H3. The SMILES string of the molecule is CC1CN(CC2COCCC2N)CC(C)(C)O1. The lowest BCUT2D eigenvalue weighted by Gasteiger charge is -2.44. The average Bonchev–Trinajstić information content (AvgIpc) is 2.18. The van der Waals surface area contributed by atoms with Gasteiger partial charge in [0.1, 0.15) is 0 Å². The van der Waals surface area contributed by atoms with Gasteiger partial charge in [-0.05, 0) is 27.2 Å². The van der Waals surface area contributed by atoms with Gasteiger partial charge in [0.05, 0.1) is 18.3 Å². The van der Waals surface area contributed by atoms with Crippen LogP contribution < -0.4 is 5.73 Å². The van der Waals surface area contributed by atoms with Crippen LogP contribution in [0.2, 0.25) is 0 Å². The summed E-state index contributed by atoms with van der Waals surface area (Å²) in [6.45, 7) is 11.1. The molecular weight excluding hydrogens is 216 g/mol. The second kappa shape index (κ2) is 5.22. The summed E-state index contributed by atoms with van der Waals surface area (Å²) in [4.78, 5) is 2.48. The van der Waals surface area contributed by atoms with Crippen molar-refractivity contribution in [1.82, 2.24) is 4.90 Å². The maximum atomic E-state index is 6.16. The Bertz CT molecular complexity index is 258. The largest absolute Gasteiger partial charge is 0.381 e. The van der Waals surface area contributed by atoms with E-state index >= 15 is 0 Å². The molecule has 0 spiro atoms. The van der Waals surface area contributed by atoms with Crippen LogP contribution in [-0.2, 0) is 9.47 Å². The topological polar surface area (TPSA) is 47.7 Å². The molecule has 3 atom stereocenters. The summed E-state index contributed by atoms with van der Waals surface area (Å²) in [5.41, 5.74) is 6.12. The highest BCUT2D eigenvalue weighted by atomic mass is 16.5. The van der Waals surface area contributed by atoms with Gasteiger partial charge in [0.25, 0.3) is 0 Å². The molecule has 0 saturated carbocycles. The molecule has 0 bridgehead atoms. The number of ether oxygens (including phenoxy) is 2. The lowest BCUT2D eigenvalue weighted by molar-refractivity contribution is -0.134. The molecule has 3 unspecified atom stereocenters. The van der Waals surface area contributed by atoms with Crippen molar-refractivity contribution < 1.29 is 9.47 Å². The van der Waals surface area contributed by atoms with E-state index in [-0.39, 0.29) is 5.60 Å². The van der Waals surface area contributed by atoms with Crippen LogP contribution in [0.15, 0.2) is 0 Å². The van der Waals surface area contributed by atoms with E-state index in [1.807, 2.05) is 0 Å². The Morgan fingerprint density at radius 3 is 2.82 bits per heavy atom. The van der Waals surface area contributed by atoms with Gasteiger partial charge in [-0.1, -0.05) is 0 Å². The molecule has 2 saturated heterocycles. The van der Waals surface area contributed by atoms with Gasteiger partial charge in [-0.15, -0.1) is 0 Å². The number of rotatable bonds is 2. The highest BCUT2D eigenvalue weighted by Gasteiger charge is 2.33. The Hall–Kier alpha value is -0.160. The van der Waals surface area contributed by atoms with Crippen LogP contribution in [0.4, 0.5) is 0 Å². The van der Waals surface area contributed by atoms with Gasteiger partial charge in [0.15, 0.2) is 0 Å². The molecule has 0 amide bonds. The van der Waals surface area contributed by atoms with Gasteiger partial charge >= 0.3 is 0 Å². The van der Waals surface area contributed by atoms with Crippen molar-refractivity contribution in [2.45, 2.75) is 44.9 Å². The molecule has 2 N–H and O–H groups in total. The van der Waals surface area contributed by atoms with E-state index in [0.29, 0.717) is 18.1 Å². The minimum Gasteiger partial charge on any atom is -0.381 e. The zero-order valence-electron chi connectivity index (χ0n) is 11.3. The highest BCUT2D eigenvalue weighted by Crippen LogP contribution is 2.23. The van der Waals surface area contributed by atoms with Gasteiger partial charge in [-0.3, -0.25) is 4.90 Å². The quantitative estimate of drug-likeness (QED) is 0.780. The minimum absolute atomic E-state index is 0.0444. The Balaban J connectivity index is 1.89. The summed E-state index contributed by atoms with van der Waals surface area (Å²) in [5, 5.41) is 0. The fourth-order valence-corrected chi connectivity index (χ4v) is 3.06. The van der Waals surface area contributed by atoms with E-state index in [4.69, 9.17) is 15.2 Å². The van der Waals surface area contributed by atoms with Crippen LogP contribution in [0.1, 0.15) is 27.2 Å². The van der Waals surface area contributed by atoms with E-state index in [9.17, 15) is 0 Å². The first kappa shape index (κ1) is 13.3. The summed E-state index contributed by atoms with van der Waals surface area (Å²) < 4.78 is 11.5. The van der Waals surface area contributed by atoms with Crippen molar-refractivity contribution in [3.05, 3.63) is 0 Å². The molecule has 2 rings (SSSR count). The summed E-state index contributed by atoms with van der Waals surface area (Å²) in [6, 6.07) is 0.296. The van der Waals surface area contributed by atoms with Crippen molar-refractivity contribution in [3.63, 3.8) is 0 Å². The predicted molar refractivity (Wildman–Crippen MR) is 68.0 cm³/mol. The number of hydrogen-bond acceptors (Lipinski definition) is 4. The zero-order chi connectivity index (χ0) is 12.5. The first-order valence-corrected chi connectivity index (χ1v) is 6.70. The summed E-state index contributed by atoms with van der Waals surface area (Å²) in [7, 11) is 0. The summed E-state index contributed by atoms with van der Waals surface area (Å²) in [6.07, 6.45) is 1.30. The van der Waals surface area contributed by atoms with Gasteiger partial charge in [-0.25, -0.2) is 0 Å². The van der Waals surface area contributed by atoms with Crippen LogP contribution in [-0.4, -0.2) is 55.5 Å². The van der Waals surface area contributed by atoms with Gasteiger partial charge in [0, 0.05) is 38.2 Å². The second-order valence-corrected chi connectivity index (χ2v) is 6.17.